The van der Waals surface area contributed by atoms with E-state index in [0.29, 0.717) is 21.6 Å². The highest BCUT2D eigenvalue weighted by molar-refractivity contribution is 7.11. The number of nitrogens with one attached hydrogen (secondary N) is 1. The van der Waals surface area contributed by atoms with Gasteiger partial charge in [0.15, 0.2) is 0 Å². The molecule has 0 bridgehead atoms. The van der Waals surface area contributed by atoms with Crippen molar-refractivity contribution in [2.24, 2.45) is 0 Å². The first kappa shape index (κ1) is 25.5. The quantitative estimate of drug-likeness (QED) is 0.124. The molecule has 1 N–H and O–H groups in total. The van der Waals surface area contributed by atoms with Crippen molar-refractivity contribution in [2.75, 3.05) is 5.32 Å². The van der Waals surface area contributed by atoms with E-state index in [1.165, 1.54) is 47.7 Å². The number of aryl methyl sites for hydroxylation is 1. The van der Waals surface area contributed by atoms with Gasteiger partial charge in [-0.1, -0.05) is 54.6 Å². The van der Waals surface area contributed by atoms with Crippen molar-refractivity contribution >= 4 is 46.2 Å². The molecule has 1 amide bonds. The van der Waals surface area contributed by atoms with Crippen molar-refractivity contribution in [3.63, 3.8) is 0 Å². The topological polar surface area (TPSA) is 98.5 Å². The van der Waals surface area contributed by atoms with Crippen LogP contribution in [-0.4, -0.2) is 16.8 Å². The Hall–Kier alpha value is -4.63. The second kappa shape index (κ2) is 11.4. The number of benzene rings is 3. The number of thiophene rings is 1. The lowest BCUT2D eigenvalue weighted by Crippen LogP contribution is -2.26. The summed E-state index contributed by atoms with van der Waals surface area (Å²) < 4.78 is 19.1. The Labute approximate surface area is 216 Å². The van der Waals surface area contributed by atoms with Gasteiger partial charge < -0.3 is 10.1 Å². The fourth-order valence-corrected chi connectivity index (χ4v) is 4.29. The molecule has 0 saturated heterocycles. The van der Waals surface area contributed by atoms with Crippen molar-refractivity contribution in [3.8, 4) is 0 Å². The maximum atomic E-state index is 13.4. The van der Waals surface area contributed by atoms with E-state index in [1.807, 2.05) is 0 Å². The molecule has 0 radical (unpaired) electrons. The Morgan fingerprint density at radius 2 is 1.76 bits per heavy atom. The minimum Gasteiger partial charge on any atom is -0.444 e. The van der Waals surface area contributed by atoms with Gasteiger partial charge in [0.1, 0.15) is 11.5 Å². The van der Waals surface area contributed by atoms with E-state index in [0.717, 1.165) is 0 Å². The average molecular weight is 517 g/mol. The Bertz CT molecular complexity index is 1450. The van der Waals surface area contributed by atoms with E-state index in [-0.39, 0.29) is 16.9 Å². The highest BCUT2D eigenvalue weighted by Crippen LogP contribution is 2.30. The van der Waals surface area contributed by atoms with Crippen molar-refractivity contribution in [3.05, 3.63) is 128 Å². The third-order valence-corrected chi connectivity index (χ3v) is 6.26. The molecular weight excluding hydrogens is 495 g/mol. The molecule has 0 spiro atoms. The summed E-state index contributed by atoms with van der Waals surface area (Å²) in [6, 6.07) is 21.9. The van der Waals surface area contributed by atoms with Crippen molar-refractivity contribution in [1.29, 1.82) is 0 Å². The lowest BCUT2D eigenvalue weighted by molar-refractivity contribution is -0.384. The largest absolute Gasteiger partial charge is 0.444 e. The van der Waals surface area contributed by atoms with Crippen molar-refractivity contribution < 1.29 is 23.6 Å². The number of hydrogen-bond donors (Lipinski definition) is 1. The van der Waals surface area contributed by atoms with E-state index in [2.05, 4.69) is 5.32 Å². The lowest BCUT2D eigenvalue weighted by Gasteiger charge is -2.19. The number of nitro groups is 1. The lowest BCUT2D eigenvalue weighted by atomic mass is 10.1. The molecule has 0 fully saturated rings. The third-order valence-electron chi connectivity index (χ3n) is 5.36. The number of rotatable bonds is 8. The molecule has 186 valence electrons. The molecule has 4 aromatic rings. The Morgan fingerprint density at radius 3 is 2.41 bits per heavy atom. The third kappa shape index (κ3) is 6.33. The number of halogens is 1. The molecule has 1 atom stereocenters. The molecule has 37 heavy (non-hydrogen) atoms. The monoisotopic (exact) mass is 516 g/mol. The molecule has 0 saturated carbocycles. The Balaban J connectivity index is 1.68. The van der Waals surface area contributed by atoms with Gasteiger partial charge >= 0.3 is 5.97 Å². The SMILES string of the molecule is Cc1ccc(NC(=O)C(OC(=O)/C(=C/c2ccc(F)cc2)c2cccs2)c2ccccc2)c([N+](=O)[O-])c1. The first-order valence-electron chi connectivity index (χ1n) is 11.1. The molecule has 9 heteroatoms. The van der Waals surface area contributed by atoms with Gasteiger partial charge in [-0.15, -0.1) is 11.3 Å². The zero-order chi connectivity index (χ0) is 26.4. The van der Waals surface area contributed by atoms with Gasteiger partial charge in [0, 0.05) is 16.5 Å². The number of nitro benzene ring substituents is 1. The molecule has 7 nitrogen and oxygen atoms in total. The number of carbonyl (C=O) groups excluding carboxylic acids is 2. The van der Waals surface area contributed by atoms with E-state index < -0.39 is 28.7 Å². The fraction of sp³-hybridized carbons (Fsp3) is 0.0714. The van der Waals surface area contributed by atoms with Crippen molar-refractivity contribution in [2.45, 2.75) is 13.0 Å². The summed E-state index contributed by atoms with van der Waals surface area (Å²) in [5.41, 5.74) is 1.49. The maximum absolute atomic E-state index is 13.4. The average Bonchev–Trinajstić information content (AvgIpc) is 3.43. The molecule has 0 aliphatic heterocycles. The van der Waals surface area contributed by atoms with Gasteiger partial charge in [-0.3, -0.25) is 14.9 Å². The van der Waals surface area contributed by atoms with Crippen LogP contribution in [0.4, 0.5) is 15.8 Å². The zero-order valence-corrected chi connectivity index (χ0v) is 20.4. The Morgan fingerprint density at radius 1 is 1.03 bits per heavy atom. The van der Waals surface area contributed by atoms with E-state index >= 15 is 0 Å². The van der Waals surface area contributed by atoms with Gasteiger partial charge in [0.2, 0.25) is 6.10 Å². The highest BCUT2D eigenvalue weighted by atomic mass is 32.1. The van der Waals surface area contributed by atoms with Gasteiger partial charge in [-0.05, 0) is 53.8 Å². The molecule has 1 heterocycles. The normalized spacial score (nSPS) is 12.0. The summed E-state index contributed by atoms with van der Waals surface area (Å²) in [6.07, 6.45) is 0.157. The number of esters is 1. The van der Waals surface area contributed by atoms with Crippen LogP contribution in [0.15, 0.2) is 90.3 Å². The van der Waals surface area contributed by atoms with Crippen LogP contribution in [0.2, 0.25) is 0 Å². The number of carbonyl (C=O) groups is 2. The minimum atomic E-state index is -1.40. The second-order valence-electron chi connectivity index (χ2n) is 8.05. The summed E-state index contributed by atoms with van der Waals surface area (Å²) >= 11 is 1.30. The predicted molar refractivity (Wildman–Crippen MR) is 140 cm³/mol. The zero-order valence-electron chi connectivity index (χ0n) is 19.6. The van der Waals surface area contributed by atoms with Gasteiger partial charge in [0.05, 0.1) is 10.5 Å². The van der Waals surface area contributed by atoms with E-state index in [9.17, 15) is 24.1 Å². The molecule has 0 aliphatic carbocycles. The van der Waals surface area contributed by atoms with Gasteiger partial charge in [-0.2, -0.15) is 0 Å². The number of amides is 1. The van der Waals surface area contributed by atoms with Crippen LogP contribution < -0.4 is 5.32 Å². The Kier molecular flexibility index (Phi) is 7.85. The molecule has 1 unspecified atom stereocenters. The molecule has 3 aromatic carbocycles. The summed E-state index contributed by atoms with van der Waals surface area (Å²) in [5.74, 6) is -1.95. The van der Waals surface area contributed by atoms with E-state index in [4.69, 9.17) is 4.74 Å². The van der Waals surface area contributed by atoms with Crippen LogP contribution >= 0.6 is 11.3 Å². The predicted octanol–water partition coefficient (Wildman–Crippen LogP) is 6.57. The summed E-state index contributed by atoms with van der Waals surface area (Å²) in [6.45, 7) is 1.70. The van der Waals surface area contributed by atoms with Crippen molar-refractivity contribution in [1.82, 2.24) is 0 Å². The van der Waals surface area contributed by atoms with Crippen LogP contribution in [-0.2, 0) is 14.3 Å². The van der Waals surface area contributed by atoms with Crippen LogP contribution in [0.25, 0.3) is 11.6 Å². The summed E-state index contributed by atoms with van der Waals surface area (Å²) in [4.78, 5) is 38.3. The molecule has 0 aliphatic rings. The molecular formula is C28H21FN2O5S. The van der Waals surface area contributed by atoms with Crippen LogP contribution in [0.3, 0.4) is 0 Å². The van der Waals surface area contributed by atoms with Crippen LogP contribution in [0, 0.1) is 22.9 Å². The minimum absolute atomic E-state index is 0.0158. The van der Waals surface area contributed by atoms with Gasteiger partial charge in [0.25, 0.3) is 11.6 Å². The van der Waals surface area contributed by atoms with Crippen LogP contribution in [0.5, 0.6) is 0 Å². The number of anilines is 1. The van der Waals surface area contributed by atoms with Gasteiger partial charge in [-0.25, -0.2) is 9.18 Å². The first-order valence-corrected chi connectivity index (χ1v) is 12.0. The standard InChI is InChI=1S/C28H21FN2O5S/c1-18-9-14-23(24(16-18)31(34)35)30-27(32)26(20-6-3-2-4-7-20)36-28(33)22(25-8-5-15-37-25)17-19-10-12-21(29)13-11-19/h2-17,26H,1H3,(H,30,32)/b22-17+. The van der Waals surface area contributed by atoms with E-state index in [1.54, 1.807) is 66.9 Å². The number of nitrogens with zero attached hydrogens (tertiary/aromatic N) is 1. The first-order chi connectivity index (χ1) is 17.8. The molecule has 4 rings (SSSR count). The smallest absolute Gasteiger partial charge is 0.340 e. The number of ether oxygens (including phenoxy) is 1. The maximum Gasteiger partial charge on any atom is 0.340 e. The second-order valence-corrected chi connectivity index (χ2v) is 9.00. The van der Waals surface area contributed by atoms with Crippen LogP contribution in [0.1, 0.15) is 27.7 Å². The summed E-state index contributed by atoms with van der Waals surface area (Å²) in [7, 11) is 0. The highest BCUT2D eigenvalue weighted by Gasteiger charge is 2.29. The fourth-order valence-electron chi connectivity index (χ4n) is 3.56. The number of hydrogen-bond acceptors (Lipinski definition) is 6. The summed E-state index contributed by atoms with van der Waals surface area (Å²) in [5, 5.41) is 15.9. The molecule has 1 aromatic heterocycles.